The third-order valence-electron chi connectivity index (χ3n) is 3.66. The third kappa shape index (κ3) is 4.13. The molecular weight excluding hydrogens is 270 g/mol. The second-order valence-corrected chi connectivity index (χ2v) is 5.21. The molecule has 1 heterocycles. The van der Waals surface area contributed by atoms with Gasteiger partial charge in [0.15, 0.2) is 0 Å². The first-order valence-electron chi connectivity index (χ1n) is 7.01. The van der Waals surface area contributed by atoms with Crippen LogP contribution in [0.5, 0.6) is 0 Å². The molecule has 1 unspecified atom stereocenters. The van der Waals surface area contributed by atoms with E-state index in [-0.39, 0.29) is 11.6 Å². The molecule has 6 nitrogen and oxygen atoms in total. The lowest BCUT2D eigenvalue weighted by atomic mass is 9.98. The van der Waals surface area contributed by atoms with E-state index in [1.165, 1.54) is 18.2 Å². The topological polar surface area (TPSA) is 89.5 Å². The molecule has 1 aliphatic rings. The van der Waals surface area contributed by atoms with Crippen LogP contribution in [0.25, 0.3) is 6.08 Å². The molecule has 2 N–H and O–H groups in total. The molecule has 0 spiro atoms. The van der Waals surface area contributed by atoms with Gasteiger partial charge in [-0.1, -0.05) is 12.1 Å². The Morgan fingerprint density at radius 3 is 3.05 bits per heavy atom. The van der Waals surface area contributed by atoms with Gasteiger partial charge in [0, 0.05) is 31.3 Å². The Labute approximate surface area is 123 Å². The highest BCUT2D eigenvalue weighted by atomic mass is 16.6. The summed E-state index contributed by atoms with van der Waals surface area (Å²) in [6.07, 6.45) is 5.12. The Hall–Kier alpha value is -2.21. The van der Waals surface area contributed by atoms with Gasteiger partial charge in [-0.15, -0.1) is 0 Å². The van der Waals surface area contributed by atoms with Gasteiger partial charge in [0.1, 0.15) is 0 Å². The van der Waals surface area contributed by atoms with Crippen molar-refractivity contribution in [1.82, 2.24) is 4.90 Å². The Morgan fingerprint density at radius 1 is 1.52 bits per heavy atom. The highest BCUT2D eigenvalue weighted by Crippen LogP contribution is 2.17. The van der Waals surface area contributed by atoms with Gasteiger partial charge < -0.3 is 10.6 Å². The third-order valence-corrected chi connectivity index (χ3v) is 3.66. The number of non-ortho nitro benzene ring substituents is 1. The summed E-state index contributed by atoms with van der Waals surface area (Å²) in [6.45, 7) is 2.03. The predicted molar refractivity (Wildman–Crippen MR) is 80.5 cm³/mol. The van der Waals surface area contributed by atoms with Crippen molar-refractivity contribution >= 4 is 17.7 Å². The molecule has 2 rings (SSSR count). The number of nitro groups is 1. The molecule has 0 radical (unpaired) electrons. The van der Waals surface area contributed by atoms with E-state index in [0.717, 1.165) is 19.4 Å². The van der Waals surface area contributed by atoms with Crippen molar-refractivity contribution in [3.8, 4) is 0 Å². The molecule has 0 aliphatic carbocycles. The summed E-state index contributed by atoms with van der Waals surface area (Å²) in [4.78, 5) is 24.2. The summed E-state index contributed by atoms with van der Waals surface area (Å²) < 4.78 is 0. The Bertz CT molecular complexity index is 557. The minimum absolute atomic E-state index is 0.0192. The number of nitrogens with zero attached hydrogens (tertiary/aromatic N) is 2. The average molecular weight is 289 g/mol. The lowest BCUT2D eigenvalue weighted by Crippen LogP contribution is -2.41. The van der Waals surface area contributed by atoms with Crippen LogP contribution in [-0.4, -0.2) is 35.4 Å². The van der Waals surface area contributed by atoms with Crippen molar-refractivity contribution in [1.29, 1.82) is 0 Å². The number of amides is 1. The van der Waals surface area contributed by atoms with Crippen molar-refractivity contribution in [3.63, 3.8) is 0 Å². The zero-order valence-corrected chi connectivity index (χ0v) is 11.8. The Balaban J connectivity index is 2.01. The van der Waals surface area contributed by atoms with E-state index in [0.29, 0.717) is 24.6 Å². The highest BCUT2D eigenvalue weighted by molar-refractivity contribution is 5.91. The second kappa shape index (κ2) is 6.99. The first-order chi connectivity index (χ1) is 10.1. The average Bonchev–Trinajstić information content (AvgIpc) is 2.53. The van der Waals surface area contributed by atoms with Crippen molar-refractivity contribution in [3.05, 3.63) is 46.0 Å². The summed E-state index contributed by atoms with van der Waals surface area (Å²) >= 11 is 0. The van der Waals surface area contributed by atoms with Crippen LogP contribution in [0.2, 0.25) is 0 Å². The molecule has 1 saturated heterocycles. The fourth-order valence-corrected chi connectivity index (χ4v) is 2.47. The molecular formula is C15H19N3O3. The number of carbonyl (C=O) groups is 1. The van der Waals surface area contributed by atoms with Gasteiger partial charge in [0.05, 0.1) is 4.92 Å². The van der Waals surface area contributed by atoms with Gasteiger partial charge in [0.2, 0.25) is 5.91 Å². The zero-order valence-electron chi connectivity index (χ0n) is 11.8. The van der Waals surface area contributed by atoms with E-state index in [4.69, 9.17) is 5.73 Å². The monoisotopic (exact) mass is 289 g/mol. The minimum Gasteiger partial charge on any atom is -0.339 e. The molecule has 1 aromatic rings. The summed E-state index contributed by atoms with van der Waals surface area (Å²) in [5.74, 6) is 0.300. The first kappa shape index (κ1) is 15.2. The van der Waals surface area contributed by atoms with Crippen LogP contribution < -0.4 is 5.73 Å². The van der Waals surface area contributed by atoms with E-state index >= 15 is 0 Å². The van der Waals surface area contributed by atoms with E-state index in [1.54, 1.807) is 23.1 Å². The number of hydrogen-bond acceptors (Lipinski definition) is 4. The summed E-state index contributed by atoms with van der Waals surface area (Å²) in [6, 6.07) is 6.21. The van der Waals surface area contributed by atoms with Crippen LogP contribution in [0, 0.1) is 16.0 Å². The van der Waals surface area contributed by atoms with Gasteiger partial charge in [-0.25, -0.2) is 0 Å². The van der Waals surface area contributed by atoms with Crippen LogP contribution in [0.3, 0.4) is 0 Å². The van der Waals surface area contributed by atoms with Crippen LogP contribution in [0.15, 0.2) is 30.3 Å². The molecule has 0 aromatic heterocycles. The molecule has 1 amide bonds. The molecule has 21 heavy (non-hydrogen) atoms. The van der Waals surface area contributed by atoms with E-state index in [9.17, 15) is 14.9 Å². The SMILES string of the molecule is NCC1CCCN(C(=O)C=Cc2cccc([N+](=O)[O-])c2)C1. The van der Waals surface area contributed by atoms with E-state index in [1.807, 2.05) is 0 Å². The van der Waals surface area contributed by atoms with E-state index < -0.39 is 4.92 Å². The van der Waals surface area contributed by atoms with Gasteiger partial charge in [-0.05, 0) is 36.9 Å². The van der Waals surface area contributed by atoms with Crippen LogP contribution in [0.4, 0.5) is 5.69 Å². The van der Waals surface area contributed by atoms with E-state index in [2.05, 4.69) is 0 Å². The molecule has 1 atom stereocenters. The number of nitro benzene ring substituents is 1. The van der Waals surface area contributed by atoms with Crippen molar-refractivity contribution < 1.29 is 9.72 Å². The highest BCUT2D eigenvalue weighted by Gasteiger charge is 2.21. The summed E-state index contributed by atoms with van der Waals surface area (Å²) in [5.41, 5.74) is 6.32. The summed E-state index contributed by atoms with van der Waals surface area (Å²) in [7, 11) is 0. The normalized spacial score (nSPS) is 18.9. The maximum absolute atomic E-state index is 12.1. The first-order valence-corrected chi connectivity index (χ1v) is 7.01. The van der Waals surface area contributed by atoms with Gasteiger partial charge in [-0.2, -0.15) is 0 Å². The zero-order chi connectivity index (χ0) is 15.2. The molecule has 1 fully saturated rings. The number of hydrogen-bond donors (Lipinski definition) is 1. The molecule has 112 valence electrons. The molecule has 0 saturated carbocycles. The maximum Gasteiger partial charge on any atom is 0.270 e. The Kier molecular flexibility index (Phi) is 5.05. The smallest absolute Gasteiger partial charge is 0.270 e. The van der Waals surface area contributed by atoms with Crippen molar-refractivity contribution in [2.24, 2.45) is 11.7 Å². The minimum atomic E-state index is -0.449. The number of likely N-dealkylation sites (tertiary alicyclic amines) is 1. The molecule has 6 heteroatoms. The standard InChI is InChI=1S/C15H19N3O3/c16-10-13-4-2-8-17(11-13)15(19)7-6-12-3-1-5-14(9-12)18(20)21/h1,3,5-7,9,13H,2,4,8,10-11,16H2. The largest absolute Gasteiger partial charge is 0.339 e. The number of piperidine rings is 1. The second-order valence-electron chi connectivity index (χ2n) is 5.21. The number of carbonyl (C=O) groups excluding carboxylic acids is 1. The van der Waals surface area contributed by atoms with Crippen molar-refractivity contribution in [2.45, 2.75) is 12.8 Å². The van der Waals surface area contributed by atoms with Crippen LogP contribution in [-0.2, 0) is 4.79 Å². The lowest BCUT2D eigenvalue weighted by molar-refractivity contribution is -0.384. The summed E-state index contributed by atoms with van der Waals surface area (Å²) in [5, 5.41) is 10.7. The fourth-order valence-electron chi connectivity index (χ4n) is 2.47. The lowest BCUT2D eigenvalue weighted by Gasteiger charge is -2.31. The van der Waals surface area contributed by atoms with Crippen LogP contribution in [0.1, 0.15) is 18.4 Å². The number of benzene rings is 1. The van der Waals surface area contributed by atoms with Gasteiger partial charge in [0.25, 0.3) is 5.69 Å². The fraction of sp³-hybridized carbons (Fsp3) is 0.400. The maximum atomic E-state index is 12.1. The van der Waals surface area contributed by atoms with Gasteiger partial charge >= 0.3 is 0 Å². The quantitative estimate of drug-likeness (QED) is 0.520. The molecule has 1 aliphatic heterocycles. The van der Waals surface area contributed by atoms with Crippen molar-refractivity contribution in [2.75, 3.05) is 19.6 Å². The predicted octanol–water partition coefficient (Wildman–Crippen LogP) is 1.81. The van der Waals surface area contributed by atoms with Gasteiger partial charge in [-0.3, -0.25) is 14.9 Å². The molecule has 1 aromatic carbocycles. The van der Waals surface area contributed by atoms with Crippen LogP contribution >= 0.6 is 0 Å². The number of rotatable bonds is 4. The Morgan fingerprint density at radius 2 is 2.33 bits per heavy atom. The number of nitrogens with two attached hydrogens (primary N) is 1. The molecule has 0 bridgehead atoms.